The highest BCUT2D eigenvalue weighted by Crippen LogP contribution is 2.28. The van der Waals surface area contributed by atoms with Gasteiger partial charge in [-0.1, -0.05) is 24.3 Å². The normalized spacial score (nSPS) is 12.2. The Morgan fingerprint density at radius 2 is 1.77 bits per heavy atom. The fourth-order valence-electron chi connectivity index (χ4n) is 2.64. The molecule has 0 unspecified atom stereocenters. The molecule has 0 fully saturated rings. The van der Waals surface area contributed by atoms with Crippen molar-refractivity contribution < 1.29 is 28.1 Å². The van der Waals surface area contributed by atoms with E-state index in [1.54, 1.807) is 45.9 Å². The van der Waals surface area contributed by atoms with Crippen LogP contribution < -0.4 is 0 Å². The highest BCUT2D eigenvalue weighted by molar-refractivity contribution is 7.93. The first kappa shape index (κ1) is 25.2. The Labute approximate surface area is 179 Å². The van der Waals surface area contributed by atoms with E-state index >= 15 is 0 Å². The monoisotopic (exact) mass is 435 g/mol. The number of fused-ring (bicyclic) bond motifs is 1. The largest absolute Gasteiger partial charge is 0.478 e. The smallest absolute Gasteiger partial charge is 0.419 e. The van der Waals surface area contributed by atoms with Crippen molar-refractivity contribution in [1.29, 1.82) is 0 Å². The fourth-order valence-corrected chi connectivity index (χ4v) is 2.64. The van der Waals surface area contributed by atoms with Gasteiger partial charge < -0.3 is 9.84 Å². The van der Waals surface area contributed by atoms with Crippen molar-refractivity contribution in [3.8, 4) is 0 Å². The number of hydrogen-bond donors (Lipinski definition) is 1. The zero-order valence-electron chi connectivity index (χ0n) is 17.9. The van der Waals surface area contributed by atoms with Crippen LogP contribution in [0.3, 0.4) is 0 Å². The summed E-state index contributed by atoms with van der Waals surface area (Å²) in [6.07, 6.45) is 3.41. The third kappa shape index (κ3) is 6.59. The van der Waals surface area contributed by atoms with Gasteiger partial charge in [-0.25, -0.2) is 14.2 Å². The van der Waals surface area contributed by atoms with Crippen molar-refractivity contribution >= 4 is 46.5 Å². The minimum atomic E-state index is -1.16. The van der Waals surface area contributed by atoms with E-state index in [1.165, 1.54) is 29.9 Å². The first-order chi connectivity index (χ1) is 14.0. The third-order valence-corrected chi connectivity index (χ3v) is 3.80. The maximum Gasteiger partial charge on any atom is 0.419 e. The van der Waals surface area contributed by atoms with Gasteiger partial charge in [0.25, 0.3) is 0 Å². The van der Waals surface area contributed by atoms with E-state index in [-0.39, 0.29) is 29.1 Å². The molecule has 1 aromatic heterocycles. The zero-order chi connectivity index (χ0) is 23.1. The molecule has 0 aliphatic rings. The molecule has 0 atom stereocenters. The standard InChI is InChI=1S/C21H23NO5.CH3FS/c1-6-14(19(24)25)11-16(13(2)23)18-12-15-9-7-8-10-17(15)22(18)20(26)27-21(3,4)5;1-3-2/h6-12H,1-5H3,(H,24,25);1H3/b14-6+,16-11+;. The van der Waals surface area contributed by atoms with E-state index in [0.29, 0.717) is 11.2 Å². The van der Waals surface area contributed by atoms with Gasteiger partial charge in [-0.05, 0) is 52.8 Å². The summed E-state index contributed by atoms with van der Waals surface area (Å²) in [5, 5.41) is 10.0. The Hall–Kier alpha value is -2.87. The van der Waals surface area contributed by atoms with Crippen LogP contribution in [0.2, 0.25) is 0 Å². The van der Waals surface area contributed by atoms with Crippen molar-refractivity contribution in [2.24, 2.45) is 0 Å². The van der Waals surface area contributed by atoms with Gasteiger partial charge in [0.15, 0.2) is 5.78 Å². The number of hydrogen-bond acceptors (Lipinski definition) is 5. The molecular formula is C22H26FNO5S. The zero-order valence-corrected chi connectivity index (χ0v) is 18.7. The molecule has 2 aromatic rings. The molecule has 0 bridgehead atoms. The number of carbonyl (C=O) groups excluding carboxylic acids is 2. The van der Waals surface area contributed by atoms with Crippen LogP contribution in [-0.2, 0) is 14.3 Å². The molecule has 1 N–H and O–H groups in total. The second-order valence-corrected chi connectivity index (χ2v) is 7.53. The number of benzene rings is 1. The van der Waals surface area contributed by atoms with Gasteiger partial charge >= 0.3 is 12.1 Å². The molecule has 0 amide bonds. The Kier molecular flexibility index (Phi) is 9.04. The third-order valence-electron chi connectivity index (χ3n) is 3.80. The molecule has 0 saturated carbocycles. The van der Waals surface area contributed by atoms with E-state index < -0.39 is 17.7 Å². The molecule has 0 aliphatic heterocycles. The van der Waals surface area contributed by atoms with Crippen LogP contribution >= 0.6 is 12.1 Å². The van der Waals surface area contributed by atoms with Crippen LogP contribution in [0, 0.1) is 0 Å². The molecule has 8 heteroatoms. The van der Waals surface area contributed by atoms with Gasteiger partial charge in [-0.3, -0.25) is 4.79 Å². The van der Waals surface area contributed by atoms with Crippen molar-refractivity contribution in [2.45, 2.75) is 40.2 Å². The average molecular weight is 436 g/mol. The predicted octanol–water partition coefficient (Wildman–Crippen LogP) is 5.66. The lowest BCUT2D eigenvalue weighted by Gasteiger charge is -2.21. The molecule has 0 radical (unpaired) electrons. The van der Waals surface area contributed by atoms with Gasteiger partial charge in [0.05, 0.1) is 16.8 Å². The number of aliphatic carboxylic acids is 1. The minimum Gasteiger partial charge on any atom is -0.478 e. The number of Topliss-reactive ketones (excluding diaryl/α,β-unsaturated/α-hetero) is 1. The number of carbonyl (C=O) groups is 3. The molecule has 0 saturated heterocycles. The summed E-state index contributed by atoms with van der Waals surface area (Å²) < 4.78 is 17.0. The van der Waals surface area contributed by atoms with Crippen LogP contribution in [0.4, 0.5) is 8.68 Å². The summed E-state index contributed by atoms with van der Waals surface area (Å²) in [6.45, 7) is 8.15. The number of nitrogens with zero attached hydrogens (tertiary/aromatic N) is 1. The van der Waals surface area contributed by atoms with E-state index in [9.17, 15) is 23.4 Å². The summed E-state index contributed by atoms with van der Waals surface area (Å²) in [5.74, 6) is -1.51. The molecule has 0 spiro atoms. The van der Waals surface area contributed by atoms with Crippen LogP contribution in [0.5, 0.6) is 0 Å². The molecule has 1 aromatic carbocycles. The van der Waals surface area contributed by atoms with Gasteiger partial charge in [0.2, 0.25) is 0 Å². The second kappa shape index (κ2) is 10.8. The summed E-state index contributed by atoms with van der Waals surface area (Å²) in [5.41, 5.74) is 0.216. The number of para-hydroxylation sites is 1. The number of rotatable bonds is 4. The molecule has 6 nitrogen and oxygen atoms in total. The number of ketones is 1. The van der Waals surface area contributed by atoms with Crippen LogP contribution in [0.1, 0.15) is 40.3 Å². The van der Waals surface area contributed by atoms with Crippen LogP contribution in [-0.4, -0.2) is 39.4 Å². The summed E-state index contributed by atoms with van der Waals surface area (Å²) in [4.78, 5) is 36.5. The van der Waals surface area contributed by atoms with Crippen molar-refractivity contribution in [3.05, 3.63) is 53.8 Å². The lowest BCUT2D eigenvalue weighted by atomic mass is 10.0. The summed E-state index contributed by atoms with van der Waals surface area (Å²) >= 11 is 0.250. The number of halogens is 1. The van der Waals surface area contributed by atoms with Crippen molar-refractivity contribution in [1.82, 2.24) is 4.57 Å². The Bertz CT molecular complexity index is 999. The Morgan fingerprint density at radius 1 is 1.20 bits per heavy atom. The lowest BCUT2D eigenvalue weighted by Crippen LogP contribution is -2.28. The molecule has 30 heavy (non-hydrogen) atoms. The van der Waals surface area contributed by atoms with E-state index in [2.05, 4.69) is 0 Å². The molecule has 162 valence electrons. The number of carboxylic acid groups (broad SMARTS) is 1. The first-order valence-electron chi connectivity index (χ1n) is 9.08. The number of carboxylic acids is 1. The lowest BCUT2D eigenvalue weighted by molar-refractivity contribution is -0.132. The van der Waals surface area contributed by atoms with Crippen LogP contribution in [0.25, 0.3) is 16.5 Å². The molecule has 0 aliphatic carbocycles. The van der Waals surface area contributed by atoms with E-state index in [0.717, 1.165) is 5.39 Å². The van der Waals surface area contributed by atoms with Crippen molar-refractivity contribution in [2.75, 3.05) is 6.26 Å². The predicted molar refractivity (Wildman–Crippen MR) is 118 cm³/mol. The van der Waals surface area contributed by atoms with Gasteiger partial charge in [0.1, 0.15) is 5.60 Å². The molecular weight excluding hydrogens is 409 g/mol. The van der Waals surface area contributed by atoms with Gasteiger partial charge in [-0.15, -0.1) is 0 Å². The number of ether oxygens (including phenoxy) is 1. The summed E-state index contributed by atoms with van der Waals surface area (Å²) in [7, 11) is 0. The fraction of sp³-hybridized carbons (Fsp3) is 0.318. The van der Waals surface area contributed by atoms with E-state index in [1.807, 2.05) is 12.1 Å². The molecule has 2 rings (SSSR count). The van der Waals surface area contributed by atoms with Gasteiger partial charge in [-0.2, -0.15) is 3.89 Å². The highest BCUT2D eigenvalue weighted by atomic mass is 32.2. The highest BCUT2D eigenvalue weighted by Gasteiger charge is 2.25. The quantitative estimate of drug-likeness (QED) is 0.492. The minimum absolute atomic E-state index is 0.0406. The Balaban J connectivity index is 0.00000141. The number of aromatic nitrogens is 1. The number of allylic oxidation sites excluding steroid dienone is 2. The molecule has 1 heterocycles. The topological polar surface area (TPSA) is 85.6 Å². The Morgan fingerprint density at radius 3 is 2.23 bits per heavy atom. The van der Waals surface area contributed by atoms with Gasteiger partial charge in [0, 0.05) is 29.4 Å². The summed E-state index contributed by atoms with van der Waals surface area (Å²) in [6, 6.07) is 8.83. The SMILES string of the molecule is C/C=C(\C=C(/C(C)=O)c1cc2ccccc2n1C(=O)OC(C)(C)C)C(=O)O.CSF. The first-order valence-corrected chi connectivity index (χ1v) is 10.2. The van der Waals surface area contributed by atoms with Crippen LogP contribution in [0.15, 0.2) is 48.1 Å². The average Bonchev–Trinajstić information content (AvgIpc) is 3.00. The maximum absolute atomic E-state index is 12.8. The van der Waals surface area contributed by atoms with Crippen molar-refractivity contribution in [3.63, 3.8) is 0 Å². The maximum atomic E-state index is 12.8. The van der Waals surface area contributed by atoms with E-state index in [4.69, 9.17) is 4.74 Å². The second-order valence-electron chi connectivity index (χ2n) is 7.22.